The molecule has 102 valence electrons. The first-order valence-electron chi connectivity index (χ1n) is 6.55. The van der Waals surface area contributed by atoms with Gasteiger partial charge in [0.1, 0.15) is 11.6 Å². The van der Waals surface area contributed by atoms with Crippen molar-refractivity contribution in [1.29, 1.82) is 0 Å². The van der Waals surface area contributed by atoms with Crippen molar-refractivity contribution >= 4 is 5.97 Å². The number of nitrogens with two attached hydrogens (primary N) is 2. The normalized spacial score (nSPS) is 13.5. The molecule has 1 atom stereocenters. The maximum absolute atomic E-state index is 11.6. The Morgan fingerprint density at radius 2 is 1.65 bits per heavy atom. The van der Waals surface area contributed by atoms with E-state index in [0.717, 1.165) is 38.6 Å². The molecule has 0 saturated heterocycles. The van der Waals surface area contributed by atoms with Gasteiger partial charge in [0.2, 0.25) is 0 Å². The molecule has 4 heteroatoms. The van der Waals surface area contributed by atoms with Crippen LogP contribution in [0, 0.1) is 0 Å². The molecule has 0 heterocycles. The Morgan fingerprint density at radius 1 is 1.12 bits per heavy atom. The summed E-state index contributed by atoms with van der Waals surface area (Å²) in [6, 6.07) is -0.483. The summed E-state index contributed by atoms with van der Waals surface area (Å²) in [7, 11) is 0. The lowest BCUT2D eigenvalue weighted by Gasteiger charge is -2.22. The molecule has 0 spiro atoms. The summed E-state index contributed by atoms with van der Waals surface area (Å²) in [5, 5.41) is 0. The minimum absolute atomic E-state index is 0.292. The van der Waals surface area contributed by atoms with Crippen LogP contribution in [0.3, 0.4) is 0 Å². The molecule has 0 bridgehead atoms. The first kappa shape index (κ1) is 16.4. The fraction of sp³-hybridized carbons (Fsp3) is 0.923. The van der Waals surface area contributed by atoms with Crippen molar-refractivity contribution in [3.63, 3.8) is 0 Å². The summed E-state index contributed by atoms with van der Waals surface area (Å²) in [4.78, 5) is 11.6. The third-order valence-corrected chi connectivity index (χ3v) is 2.43. The molecule has 0 aliphatic rings. The highest BCUT2D eigenvalue weighted by Crippen LogP contribution is 2.11. The van der Waals surface area contributed by atoms with E-state index in [-0.39, 0.29) is 5.97 Å². The van der Waals surface area contributed by atoms with Crippen LogP contribution < -0.4 is 11.5 Å². The predicted molar refractivity (Wildman–Crippen MR) is 70.6 cm³/mol. The Labute approximate surface area is 105 Å². The molecular weight excluding hydrogens is 216 g/mol. The number of hydrogen-bond donors (Lipinski definition) is 2. The highest BCUT2D eigenvalue weighted by molar-refractivity contribution is 5.75. The van der Waals surface area contributed by atoms with Gasteiger partial charge in [-0.15, -0.1) is 0 Å². The Balaban J connectivity index is 3.58. The van der Waals surface area contributed by atoms with Crippen molar-refractivity contribution in [2.24, 2.45) is 11.5 Å². The highest BCUT2D eigenvalue weighted by Gasteiger charge is 2.21. The molecule has 0 rings (SSSR count). The van der Waals surface area contributed by atoms with Gasteiger partial charge in [-0.3, -0.25) is 4.79 Å². The van der Waals surface area contributed by atoms with Crippen LogP contribution in [-0.2, 0) is 9.53 Å². The molecule has 17 heavy (non-hydrogen) atoms. The minimum atomic E-state index is -0.483. The van der Waals surface area contributed by atoms with Crippen LogP contribution in [0.5, 0.6) is 0 Å². The lowest BCUT2D eigenvalue weighted by atomic mass is 10.1. The number of ether oxygens (including phenoxy) is 1. The molecule has 4 nitrogen and oxygen atoms in total. The van der Waals surface area contributed by atoms with Gasteiger partial charge in [0.15, 0.2) is 0 Å². The molecule has 0 aliphatic heterocycles. The third kappa shape index (κ3) is 10.3. The van der Waals surface area contributed by atoms with Crippen LogP contribution in [-0.4, -0.2) is 24.2 Å². The van der Waals surface area contributed by atoms with E-state index in [4.69, 9.17) is 16.2 Å². The van der Waals surface area contributed by atoms with Crippen LogP contribution in [0.4, 0.5) is 0 Å². The van der Waals surface area contributed by atoms with Crippen molar-refractivity contribution in [2.75, 3.05) is 6.54 Å². The van der Waals surface area contributed by atoms with Gasteiger partial charge in [-0.25, -0.2) is 0 Å². The third-order valence-electron chi connectivity index (χ3n) is 2.43. The molecule has 4 N–H and O–H groups in total. The topological polar surface area (TPSA) is 78.3 Å². The predicted octanol–water partition coefficient (Wildman–Crippen LogP) is 1.95. The number of carbonyl (C=O) groups excluding carboxylic acids is 1. The summed E-state index contributed by atoms with van der Waals surface area (Å²) in [6.45, 7) is 6.32. The molecule has 0 aromatic carbocycles. The average Bonchev–Trinajstić information content (AvgIpc) is 2.20. The fourth-order valence-corrected chi connectivity index (χ4v) is 1.53. The van der Waals surface area contributed by atoms with Crippen LogP contribution in [0.1, 0.15) is 59.3 Å². The second kappa shape index (κ2) is 8.48. The van der Waals surface area contributed by atoms with Gasteiger partial charge in [-0.05, 0) is 40.2 Å². The lowest BCUT2D eigenvalue weighted by molar-refractivity contribution is -0.156. The summed E-state index contributed by atoms with van der Waals surface area (Å²) in [6.07, 6.45) is 6.20. The van der Waals surface area contributed by atoms with E-state index in [1.807, 2.05) is 20.8 Å². The Bertz CT molecular complexity index is 212. The molecule has 0 amide bonds. The van der Waals surface area contributed by atoms with E-state index >= 15 is 0 Å². The standard InChI is InChI=1S/C13H28N2O2/c1-13(2,3)17-12(16)11(15)9-7-5-4-6-8-10-14/h11H,4-10,14-15H2,1-3H3/t11-/m0/s1. The SMILES string of the molecule is CC(C)(C)OC(=O)[C@@H](N)CCCCCCCN. The van der Waals surface area contributed by atoms with Gasteiger partial charge >= 0.3 is 5.97 Å². The molecular formula is C13H28N2O2. The van der Waals surface area contributed by atoms with Crippen molar-refractivity contribution in [3.8, 4) is 0 Å². The van der Waals surface area contributed by atoms with Gasteiger partial charge in [0.25, 0.3) is 0 Å². The molecule has 0 unspecified atom stereocenters. The van der Waals surface area contributed by atoms with E-state index in [1.54, 1.807) is 0 Å². The molecule has 0 aromatic heterocycles. The number of esters is 1. The van der Waals surface area contributed by atoms with E-state index in [0.29, 0.717) is 6.42 Å². The minimum Gasteiger partial charge on any atom is -0.459 e. The molecule has 0 fully saturated rings. The largest absolute Gasteiger partial charge is 0.459 e. The molecule has 0 aliphatic carbocycles. The van der Waals surface area contributed by atoms with Crippen LogP contribution in [0.25, 0.3) is 0 Å². The zero-order chi connectivity index (χ0) is 13.3. The zero-order valence-corrected chi connectivity index (χ0v) is 11.5. The zero-order valence-electron chi connectivity index (χ0n) is 11.5. The van der Waals surface area contributed by atoms with E-state index in [2.05, 4.69) is 0 Å². The Kier molecular flexibility index (Phi) is 8.17. The summed E-state index contributed by atoms with van der Waals surface area (Å²) < 4.78 is 5.21. The van der Waals surface area contributed by atoms with Gasteiger partial charge in [-0.1, -0.05) is 25.7 Å². The van der Waals surface area contributed by atoms with E-state index in [9.17, 15) is 4.79 Å². The summed E-state index contributed by atoms with van der Waals surface area (Å²) >= 11 is 0. The first-order chi connectivity index (χ1) is 7.87. The van der Waals surface area contributed by atoms with E-state index < -0.39 is 11.6 Å². The van der Waals surface area contributed by atoms with Crippen molar-refractivity contribution in [1.82, 2.24) is 0 Å². The maximum Gasteiger partial charge on any atom is 0.323 e. The first-order valence-corrected chi connectivity index (χ1v) is 6.55. The van der Waals surface area contributed by atoms with Crippen LogP contribution in [0.15, 0.2) is 0 Å². The number of carbonyl (C=O) groups is 1. The van der Waals surface area contributed by atoms with E-state index in [1.165, 1.54) is 0 Å². The average molecular weight is 244 g/mol. The monoisotopic (exact) mass is 244 g/mol. The maximum atomic E-state index is 11.6. The summed E-state index contributed by atoms with van der Waals surface area (Å²) in [5.74, 6) is -0.292. The Morgan fingerprint density at radius 3 is 2.18 bits per heavy atom. The second-order valence-corrected chi connectivity index (χ2v) is 5.49. The number of rotatable bonds is 8. The Hall–Kier alpha value is -0.610. The van der Waals surface area contributed by atoms with Crippen molar-refractivity contribution in [3.05, 3.63) is 0 Å². The molecule has 0 aromatic rings. The summed E-state index contributed by atoms with van der Waals surface area (Å²) in [5.41, 5.74) is 10.7. The second-order valence-electron chi connectivity index (χ2n) is 5.49. The van der Waals surface area contributed by atoms with Crippen molar-refractivity contribution < 1.29 is 9.53 Å². The van der Waals surface area contributed by atoms with Crippen LogP contribution in [0.2, 0.25) is 0 Å². The highest BCUT2D eigenvalue weighted by atomic mass is 16.6. The number of unbranched alkanes of at least 4 members (excludes halogenated alkanes) is 4. The van der Waals surface area contributed by atoms with Crippen molar-refractivity contribution in [2.45, 2.75) is 70.9 Å². The van der Waals surface area contributed by atoms with Gasteiger partial charge in [-0.2, -0.15) is 0 Å². The van der Waals surface area contributed by atoms with Gasteiger partial charge < -0.3 is 16.2 Å². The van der Waals surface area contributed by atoms with Gasteiger partial charge in [0.05, 0.1) is 0 Å². The fourth-order valence-electron chi connectivity index (χ4n) is 1.53. The van der Waals surface area contributed by atoms with Gasteiger partial charge in [0, 0.05) is 0 Å². The van der Waals surface area contributed by atoms with Crippen LogP contribution >= 0.6 is 0 Å². The quantitative estimate of drug-likeness (QED) is 0.505. The molecule has 0 radical (unpaired) electrons. The number of hydrogen-bond acceptors (Lipinski definition) is 4. The molecule has 0 saturated carbocycles. The smallest absolute Gasteiger partial charge is 0.323 e. The lowest BCUT2D eigenvalue weighted by Crippen LogP contribution is -2.37.